The molecule has 7 heteroatoms. The molecule has 1 amide bonds. The third kappa shape index (κ3) is 4.39. The minimum absolute atomic E-state index is 0.00484. The zero-order chi connectivity index (χ0) is 21.9. The first-order valence-electron chi connectivity index (χ1n) is 11.3. The van der Waals surface area contributed by atoms with E-state index in [0.29, 0.717) is 31.4 Å². The molecule has 3 aromatic rings. The summed E-state index contributed by atoms with van der Waals surface area (Å²) in [6.45, 7) is 3.47. The predicted octanol–water partition coefficient (Wildman–Crippen LogP) is 4.16. The first-order chi connectivity index (χ1) is 15.7. The van der Waals surface area contributed by atoms with E-state index in [1.54, 1.807) is 7.11 Å². The lowest BCUT2D eigenvalue weighted by atomic mass is 9.89. The van der Waals surface area contributed by atoms with Crippen LogP contribution in [0.5, 0.6) is 17.2 Å². The first-order valence-corrected chi connectivity index (χ1v) is 11.3. The van der Waals surface area contributed by atoms with E-state index in [4.69, 9.17) is 14.2 Å². The van der Waals surface area contributed by atoms with Gasteiger partial charge >= 0.3 is 0 Å². The molecule has 2 aliphatic rings. The molecule has 32 heavy (non-hydrogen) atoms. The number of piperidine rings is 1. The van der Waals surface area contributed by atoms with Crippen molar-refractivity contribution in [3.63, 3.8) is 0 Å². The van der Waals surface area contributed by atoms with Crippen molar-refractivity contribution in [1.29, 1.82) is 0 Å². The van der Waals surface area contributed by atoms with E-state index in [2.05, 4.69) is 33.5 Å². The summed E-state index contributed by atoms with van der Waals surface area (Å²) in [5, 5.41) is 4.23. The number of amides is 1. The van der Waals surface area contributed by atoms with Gasteiger partial charge < -0.3 is 24.5 Å². The average molecular weight is 436 g/mol. The summed E-state index contributed by atoms with van der Waals surface area (Å²) in [7, 11) is 1.70. The lowest BCUT2D eigenvalue weighted by Gasteiger charge is -2.31. The predicted molar refractivity (Wildman–Crippen MR) is 124 cm³/mol. The van der Waals surface area contributed by atoms with Crippen LogP contribution in [0.25, 0.3) is 10.9 Å². The zero-order valence-electron chi connectivity index (χ0n) is 18.4. The van der Waals surface area contributed by atoms with Crippen LogP contribution < -0.4 is 19.5 Å². The molecular formula is C25H29N3O4. The number of likely N-dealkylation sites (tertiary alicyclic amines) is 1. The fourth-order valence-corrected chi connectivity index (χ4v) is 4.63. The number of carbonyl (C=O) groups is 1. The molecule has 2 N–H and O–H groups in total. The summed E-state index contributed by atoms with van der Waals surface area (Å²) in [6, 6.07) is 11.7. The van der Waals surface area contributed by atoms with Crippen LogP contribution in [0, 0.1) is 0 Å². The number of hydrogen-bond acceptors (Lipinski definition) is 5. The molecule has 1 saturated heterocycles. The summed E-state index contributed by atoms with van der Waals surface area (Å²) < 4.78 is 16.8. The van der Waals surface area contributed by atoms with Crippen LogP contribution in [0.4, 0.5) is 5.69 Å². The maximum atomic E-state index is 12.6. The Bertz CT molecular complexity index is 1100. The van der Waals surface area contributed by atoms with E-state index in [9.17, 15) is 4.79 Å². The van der Waals surface area contributed by atoms with Crippen molar-refractivity contribution in [3.05, 3.63) is 48.2 Å². The van der Waals surface area contributed by atoms with E-state index < -0.39 is 0 Å². The van der Waals surface area contributed by atoms with Crippen molar-refractivity contribution in [2.24, 2.45) is 0 Å². The number of methoxy groups -OCH3 is 1. The van der Waals surface area contributed by atoms with Gasteiger partial charge in [-0.05, 0) is 67.7 Å². The van der Waals surface area contributed by atoms with Crippen molar-refractivity contribution >= 4 is 22.5 Å². The van der Waals surface area contributed by atoms with E-state index in [1.165, 1.54) is 10.9 Å². The molecule has 5 rings (SSSR count). The van der Waals surface area contributed by atoms with Crippen LogP contribution in [0.15, 0.2) is 42.6 Å². The van der Waals surface area contributed by atoms with Crippen LogP contribution >= 0.6 is 0 Å². The highest BCUT2D eigenvalue weighted by atomic mass is 16.5. The van der Waals surface area contributed by atoms with Gasteiger partial charge in [-0.15, -0.1) is 0 Å². The molecule has 0 saturated carbocycles. The second-order valence-corrected chi connectivity index (χ2v) is 8.47. The van der Waals surface area contributed by atoms with Gasteiger partial charge in [0.1, 0.15) is 5.75 Å². The Labute approximate surface area is 187 Å². The Morgan fingerprint density at radius 3 is 2.75 bits per heavy atom. The molecule has 0 spiro atoms. The standard InChI is InChI=1S/C25H29N3O4/c1-30-19-4-5-22-20(14-19)21(15-26-22)17-7-9-28(10-8-17)16-25(29)27-18-3-6-23-24(13-18)32-12-2-11-31-23/h3-6,13-15,17,26H,2,7-12,16H2,1H3,(H,27,29). The summed E-state index contributed by atoms with van der Waals surface area (Å²) in [6.07, 6.45) is 5.04. The van der Waals surface area contributed by atoms with Gasteiger partial charge in [0.05, 0.1) is 26.9 Å². The molecule has 2 aliphatic heterocycles. The molecule has 168 valence electrons. The number of fused-ring (bicyclic) bond motifs is 2. The van der Waals surface area contributed by atoms with Gasteiger partial charge in [-0.3, -0.25) is 9.69 Å². The maximum absolute atomic E-state index is 12.6. The number of aromatic nitrogens is 1. The Hall–Kier alpha value is -3.19. The number of hydrogen-bond donors (Lipinski definition) is 2. The van der Waals surface area contributed by atoms with Crippen LogP contribution in [-0.2, 0) is 4.79 Å². The quantitative estimate of drug-likeness (QED) is 0.630. The summed E-state index contributed by atoms with van der Waals surface area (Å²) in [4.78, 5) is 18.2. The van der Waals surface area contributed by atoms with E-state index >= 15 is 0 Å². The SMILES string of the molecule is COc1ccc2[nH]cc(C3CCN(CC(=O)Nc4ccc5c(c4)OCCCO5)CC3)c2c1. The van der Waals surface area contributed by atoms with Crippen LogP contribution in [0.3, 0.4) is 0 Å². The molecule has 3 heterocycles. The van der Waals surface area contributed by atoms with Gasteiger partial charge in [0.25, 0.3) is 0 Å². The molecule has 0 radical (unpaired) electrons. The molecule has 0 bridgehead atoms. The fraction of sp³-hybridized carbons (Fsp3) is 0.400. The van der Waals surface area contributed by atoms with Gasteiger partial charge in [-0.1, -0.05) is 0 Å². The number of nitrogens with one attached hydrogen (secondary N) is 2. The van der Waals surface area contributed by atoms with Crippen LogP contribution in [-0.4, -0.2) is 55.7 Å². The first kappa shape index (κ1) is 20.7. The van der Waals surface area contributed by atoms with Crippen molar-refractivity contribution in [3.8, 4) is 17.2 Å². The van der Waals surface area contributed by atoms with Crippen LogP contribution in [0.1, 0.15) is 30.7 Å². The average Bonchev–Trinajstić information content (AvgIpc) is 3.09. The largest absolute Gasteiger partial charge is 0.497 e. The molecule has 0 aliphatic carbocycles. The smallest absolute Gasteiger partial charge is 0.238 e. The second kappa shape index (κ2) is 9.12. The zero-order valence-corrected chi connectivity index (χ0v) is 18.4. The third-order valence-corrected chi connectivity index (χ3v) is 6.35. The van der Waals surface area contributed by atoms with Crippen molar-refractivity contribution in [2.75, 3.05) is 45.3 Å². The van der Waals surface area contributed by atoms with E-state index in [0.717, 1.165) is 55.1 Å². The van der Waals surface area contributed by atoms with Gasteiger partial charge in [0.2, 0.25) is 5.91 Å². The number of ether oxygens (including phenoxy) is 3. The Morgan fingerprint density at radius 1 is 1.12 bits per heavy atom. The minimum Gasteiger partial charge on any atom is -0.497 e. The lowest BCUT2D eigenvalue weighted by Crippen LogP contribution is -2.38. The highest BCUT2D eigenvalue weighted by Crippen LogP contribution is 2.35. The number of nitrogens with zero attached hydrogens (tertiary/aromatic N) is 1. The normalized spacial score (nSPS) is 17.2. The van der Waals surface area contributed by atoms with E-state index in [-0.39, 0.29) is 5.91 Å². The molecule has 1 fully saturated rings. The maximum Gasteiger partial charge on any atom is 0.238 e. The number of benzene rings is 2. The number of carbonyl (C=O) groups excluding carboxylic acids is 1. The van der Waals surface area contributed by atoms with Crippen molar-refractivity contribution in [1.82, 2.24) is 9.88 Å². The molecule has 0 atom stereocenters. The topological polar surface area (TPSA) is 75.8 Å². The van der Waals surface area contributed by atoms with Crippen molar-refractivity contribution < 1.29 is 19.0 Å². The summed E-state index contributed by atoms with van der Waals surface area (Å²) in [5.74, 6) is 2.78. The van der Waals surface area contributed by atoms with Gasteiger partial charge in [-0.25, -0.2) is 0 Å². The molecule has 1 aromatic heterocycles. The Kier molecular flexibility index (Phi) is 5.90. The van der Waals surface area contributed by atoms with Crippen molar-refractivity contribution in [2.45, 2.75) is 25.2 Å². The van der Waals surface area contributed by atoms with Gasteiger partial charge in [-0.2, -0.15) is 0 Å². The van der Waals surface area contributed by atoms with Crippen LogP contribution in [0.2, 0.25) is 0 Å². The highest BCUT2D eigenvalue weighted by Gasteiger charge is 2.24. The number of rotatable bonds is 5. The van der Waals surface area contributed by atoms with E-state index in [1.807, 2.05) is 24.3 Å². The summed E-state index contributed by atoms with van der Waals surface area (Å²) >= 11 is 0. The molecular weight excluding hydrogens is 406 g/mol. The number of anilines is 1. The molecule has 2 aromatic carbocycles. The summed E-state index contributed by atoms with van der Waals surface area (Å²) in [5.41, 5.74) is 3.22. The number of aromatic amines is 1. The lowest BCUT2D eigenvalue weighted by molar-refractivity contribution is -0.117. The highest BCUT2D eigenvalue weighted by molar-refractivity contribution is 5.92. The fourth-order valence-electron chi connectivity index (χ4n) is 4.63. The Morgan fingerprint density at radius 2 is 1.94 bits per heavy atom. The Balaban J connectivity index is 1.17. The monoisotopic (exact) mass is 435 g/mol. The third-order valence-electron chi connectivity index (χ3n) is 6.35. The minimum atomic E-state index is -0.00484. The molecule has 7 nitrogen and oxygen atoms in total. The molecule has 0 unspecified atom stereocenters. The van der Waals surface area contributed by atoms with Gasteiger partial charge in [0.15, 0.2) is 11.5 Å². The second-order valence-electron chi connectivity index (χ2n) is 8.47. The van der Waals surface area contributed by atoms with Gasteiger partial charge in [0, 0.05) is 35.3 Å². The number of H-pyrrole nitrogens is 1.